The molecule has 7 heteroatoms. The summed E-state index contributed by atoms with van der Waals surface area (Å²) in [6.45, 7) is 2.43. The van der Waals surface area contributed by atoms with E-state index in [2.05, 4.69) is 10.6 Å². The molecule has 2 aromatic carbocycles. The zero-order valence-corrected chi connectivity index (χ0v) is 15.2. The normalized spacial score (nSPS) is 10.2. The van der Waals surface area contributed by atoms with Crippen molar-refractivity contribution in [2.45, 2.75) is 19.8 Å². The third-order valence-corrected chi connectivity index (χ3v) is 4.03. The molecule has 2 aromatic rings. The summed E-state index contributed by atoms with van der Waals surface area (Å²) in [5, 5.41) is 6.07. The van der Waals surface area contributed by atoms with Gasteiger partial charge in [-0.1, -0.05) is 36.5 Å². The van der Waals surface area contributed by atoms with Gasteiger partial charge in [-0.05, 0) is 48.9 Å². The van der Waals surface area contributed by atoms with Crippen LogP contribution >= 0.6 is 23.2 Å². The van der Waals surface area contributed by atoms with Gasteiger partial charge < -0.3 is 15.4 Å². The monoisotopic (exact) mass is 380 g/mol. The molecule has 0 bridgehead atoms. The first-order valence-corrected chi connectivity index (χ1v) is 8.55. The fourth-order valence-electron chi connectivity index (χ4n) is 1.95. The Bertz CT molecular complexity index is 748. The van der Waals surface area contributed by atoms with E-state index in [0.717, 1.165) is 12.8 Å². The van der Waals surface area contributed by atoms with Crippen LogP contribution in [0.2, 0.25) is 10.0 Å². The predicted octanol–water partition coefficient (Wildman–Crippen LogP) is 5.59. The fourth-order valence-corrected chi connectivity index (χ4v) is 2.25. The topological polar surface area (TPSA) is 67.4 Å². The number of hydrogen-bond acceptors (Lipinski definition) is 3. The second-order valence-electron chi connectivity index (χ2n) is 5.27. The molecule has 5 nitrogen and oxygen atoms in total. The highest BCUT2D eigenvalue weighted by molar-refractivity contribution is 6.42. The van der Waals surface area contributed by atoms with E-state index in [0.29, 0.717) is 33.6 Å². The van der Waals surface area contributed by atoms with E-state index in [4.69, 9.17) is 27.9 Å². The quantitative estimate of drug-likeness (QED) is 0.506. The number of rotatable bonds is 6. The molecule has 0 atom stereocenters. The average Bonchev–Trinajstić information content (AvgIpc) is 2.59. The number of halogens is 2. The van der Waals surface area contributed by atoms with Crippen LogP contribution < -0.4 is 10.6 Å². The number of carbonyl (C=O) groups excluding carboxylic acids is 2. The highest BCUT2D eigenvalue weighted by Gasteiger charge is 2.08. The molecule has 0 spiro atoms. The van der Waals surface area contributed by atoms with Crippen LogP contribution in [0.4, 0.5) is 16.2 Å². The van der Waals surface area contributed by atoms with Crippen LogP contribution in [0.15, 0.2) is 42.5 Å². The van der Waals surface area contributed by atoms with E-state index in [9.17, 15) is 9.59 Å². The molecule has 0 aliphatic carbocycles. The van der Waals surface area contributed by atoms with E-state index >= 15 is 0 Å². The molecule has 2 amide bonds. The van der Waals surface area contributed by atoms with Crippen molar-refractivity contribution in [1.29, 1.82) is 0 Å². The maximum absolute atomic E-state index is 12.0. The minimum Gasteiger partial charge on any atom is -0.462 e. The van der Waals surface area contributed by atoms with Gasteiger partial charge in [0, 0.05) is 11.4 Å². The summed E-state index contributed by atoms with van der Waals surface area (Å²) in [5.41, 5.74) is 1.50. The van der Waals surface area contributed by atoms with Crippen molar-refractivity contribution >= 4 is 46.6 Å². The lowest BCUT2D eigenvalue weighted by atomic mass is 10.2. The molecule has 0 saturated carbocycles. The van der Waals surface area contributed by atoms with E-state index in [-0.39, 0.29) is 5.97 Å². The molecule has 0 unspecified atom stereocenters. The van der Waals surface area contributed by atoms with Gasteiger partial charge in [-0.15, -0.1) is 0 Å². The van der Waals surface area contributed by atoms with Crippen LogP contribution in [0.3, 0.4) is 0 Å². The van der Waals surface area contributed by atoms with Gasteiger partial charge in [0.2, 0.25) is 0 Å². The number of ether oxygens (including phenoxy) is 1. The van der Waals surface area contributed by atoms with Crippen LogP contribution in [0.1, 0.15) is 30.1 Å². The molecule has 0 radical (unpaired) electrons. The molecule has 0 fully saturated rings. The number of anilines is 2. The van der Waals surface area contributed by atoms with Crippen molar-refractivity contribution in [1.82, 2.24) is 0 Å². The number of unbranched alkanes of at least 4 members (excludes halogenated alkanes) is 1. The third-order valence-electron chi connectivity index (χ3n) is 3.29. The Kier molecular flexibility index (Phi) is 7.10. The summed E-state index contributed by atoms with van der Waals surface area (Å²) in [5.74, 6) is -0.375. The summed E-state index contributed by atoms with van der Waals surface area (Å²) in [6.07, 6.45) is 1.80. The van der Waals surface area contributed by atoms with Crippen molar-refractivity contribution in [2.75, 3.05) is 17.2 Å². The van der Waals surface area contributed by atoms with Gasteiger partial charge in [0.15, 0.2) is 0 Å². The lowest BCUT2D eigenvalue weighted by Crippen LogP contribution is -2.19. The minimum atomic E-state index is -0.434. The van der Waals surface area contributed by atoms with Crippen LogP contribution in [-0.2, 0) is 4.74 Å². The molecule has 2 N–H and O–H groups in total. The van der Waals surface area contributed by atoms with Crippen molar-refractivity contribution in [3.8, 4) is 0 Å². The molecule has 0 heterocycles. The van der Waals surface area contributed by atoms with Crippen LogP contribution in [0, 0.1) is 0 Å². The molecule has 0 aliphatic heterocycles. The zero-order valence-electron chi connectivity index (χ0n) is 13.6. The summed E-state index contributed by atoms with van der Waals surface area (Å²) in [6, 6.07) is 10.8. The number of esters is 1. The molecule has 0 aromatic heterocycles. The Balaban J connectivity index is 1.90. The zero-order chi connectivity index (χ0) is 18.2. The largest absolute Gasteiger partial charge is 0.462 e. The number of benzene rings is 2. The summed E-state index contributed by atoms with van der Waals surface area (Å²) in [7, 11) is 0. The molecule has 25 heavy (non-hydrogen) atoms. The molecule has 2 rings (SSSR count). The summed E-state index contributed by atoms with van der Waals surface area (Å²) < 4.78 is 5.13. The van der Waals surface area contributed by atoms with Crippen molar-refractivity contribution in [3.63, 3.8) is 0 Å². The van der Waals surface area contributed by atoms with E-state index in [1.807, 2.05) is 6.92 Å². The van der Waals surface area contributed by atoms with Gasteiger partial charge >= 0.3 is 12.0 Å². The fraction of sp³-hybridized carbons (Fsp3) is 0.222. The number of carbonyl (C=O) groups is 2. The third kappa shape index (κ3) is 5.96. The first kappa shape index (κ1) is 19.1. The first-order chi connectivity index (χ1) is 12.0. The Morgan fingerprint density at radius 2 is 1.60 bits per heavy atom. The van der Waals surface area contributed by atoms with Gasteiger partial charge in [-0.25, -0.2) is 9.59 Å². The summed E-state index contributed by atoms with van der Waals surface area (Å²) >= 11 is 11.7. The molecule has 0 saturated heterocycles. The number of urea groups is 1. The highest BCUT2D eigenvalue weighted by Crippen LogP contribution is 2.25. The second-order valence-corrected chi connectivity index (χ2v) is 6.09. The average molecular weight is 381 g/mol. The Hall–Kier alpha value is -2.24. The molecule has 0 aliphatic rings. The van der Waals surface area contributed by atoms with Gasteiger partial charge in [0.05, 0.1) is 22.2 Å². The maximum atomic E-state index is 12.0. The van der Waals surface area contributed by atoms with Gasteiger partial charge in [0.1, 0.15) is 0 Å². The van der Waals surface area contributed by atoms with Crippen LogP contribution in [0.5, 0.6) is 0 Å². The standard InChI is InChI=1S/C18H18Cl2N2O3/c1-2-3-10-25-17(23)12-4-6-13(7-5-12)21-18(24)22-14-8-9-15(19)16(20)11-14/h4-9,11H,2-3,10H2,1H3,(H2,21,22,24). The van der Waals surface area contributed by atoms with Crippen LogP contribution in [0.25, 0.3) is 0 Å². The Morgan fingerprint density at radius 1 is 0.960 bits per heavy atom. The molecule has 132 valence electrons. The maximum Gasteiger partial charge on any atom is 0.338 e. The number of amides is 2. The van der Waals surface area contributed by atoms with E-state index in [1.54, 1.807) is 42.5 Å². The van der Waals surface area contributed by atoms with Gasteiger partial charge in [-0.2, -0.15) is 0 Å². The first-order valence-electron chi connectivity index (χ1n) is 7.80. The lowest BCUT2D eigenvalue weighted by Gasteiger charge is -2.09. The lowest BCUT2D eigenvalue weighted by molar-refractivity contribution is 0.0500. The van der Waals surface area contributed by atoms with Gasteiger partial charge in [-0.3, -0.25) is 0 Å². The minimum absolute atomic E-state index is 0.352. The number of hydrogen-bond donors (Lipinski definition) is 2. The van der Waals surface area contributed by atoms with Crippen molar-refractivity contribution in [3.05, 3.63) is 58.1 Å². The SMILES string of the molecule is CCCCOC(=O)c1ccc(NC(=O)Nc2ccc(Cl)c(Cl)c2)cc1. The molecular formula is C18H18Cl2N2O3. The number of nitrogens with one attached hydrogen (secondary N) is 2. The van der Waals surface area contributed by atoms with Crippen molar-refractivity contribution in [2.24, 2.45) is 0 Å². The van der Waals surface area contributed by atoms with E-state index in [1.165, 1.54) is 0 Å². The van der Waals surface area contributed by atoms with Crippen LogP contribution in [-0.4, -0.2) is 18.6 Å². The second kappa shape index (κ2) is 9.30. The van der Waals surface area contributed by atoms with E-state index < -0.39 is 6.03 Å². The summed E-state index contributed by atoms with van der Waals surface area (Å²) in [4.78, 5) is 23.8. The predicted molar refractivity (Wildman–Crippen MR) is 101 cm³/mol. The smallest absolute Gasteiger partial charge is 0.338 e. The Labute approximate surface area is 156 Å². The Morgan fingerprint density at radius 3 is 2.24 bits per heavy atom. The highest BCUT2D eigenvalue weighted by atomic mass is 35.5. The molecular weight excluding hydrogens is 363 g/mol. The van der Waals surface area contributed by atoms with Gasteiger partial charge in [0.25, 0.3) is 0 Å². The van der Waals surface area contributed by atoms with Crippen molar-refractivity contribution < 1.29 is 14.3 Å².